The lowest BCUT2D eigenvalue weighted by molar-refractivity contribution is -0.671. The summed E-state index contributed by atoms with van der Waals surface area (Å²) in [4.78, 5) is 33.6. The van der Waals surface area contributed by atoms with Crippen molar-refractivity contribution in [3.63, 3.8) is 0 Å². The molecular formula is C59H63Cl3N10O2. The van der Waals surface area contributed by atoms with E-state index in [2.05, 4.69) is 61.7 Å². The summed E-state index contributed by atoms with van der Waals surface area (Å²) < 4.78 is 23.9. The van der Waals surface area contributed by atoms with Crippen molar-refractivity contribution in [2.75, 3.05) is 32.3 Å². The van der Waals surface area contributed by atoms with Gasteiger partial charge in [-0.25, -0.2) is 9.13 Å². The van der Waals surface area contributed by atoms with E-state index in [0.717, 1.165) is 66.6 Å². The average molecular weight is 1060 g/mol. The zero-order valence-corrected chi connectivity index (χ0v) is 42.7. The number of nitrogens with two attached hydrogens (primary N) is 1. The summed E-state index contributed by atoms with van der Waals surface area (Å²) >= 11 is 5.97. The number of rotatable bonds is 10. The molecule has 6 aromatic carbocycles. The molecule has 4 heterocycles. The van der Waals surface area contributed by atoms with E-state index >= 15 is 0 Å². The van der Waals surface area contributed by atoms with E-state index in [0.29, 0.717) is 22.5 Å². The van der Waals surface area contributed by atoms with Crippen LogP contribution in [0.2, 0.25) is 5.02 Å². The molecule has 0 aliphatic heterocycles. The highest BCUT2D eigenvalue weighted by Gasteiger charge is 2.10. The van der Waals surface area contributed by atoms with Crippen LogP contribution < -0.4 is 66.3 Å². The third-order valence-corrected chi connectivity index (χ3v) is 11.5. The van der Waals surface area contributed by atoms with Crippen LogP contribution in [0.4, 0.5) is 51.2 Å². The Kier molecular flexibility index (Phi) is 19.3. The molecule has 0 saturated heterocycles. The number of carbonyl (C=O) groups is 2. The second-order valence-electron chi connectivity index (χ2n) is 16.8. The minimum atomic E-state index is -0.155. The van der Waals surface area contributed by atoms with Gasteiger partial charge < -0.3 is 57.1 Å². The molecule has 0 saturated carbocycles. The summed E-state index contributed by atoms with van der Waals surface area (Å²) in [5.74, 6) is -0.308. The number of anilines is 9. The average Bonchev–Trinajstić information content (AvgIpc) is 3.45. The first-order valence-corrected chi connectivity index (χ1v) is 23.1. The molecule has 0 aliphatic rings. The number of nitrogen functional groups attached to an aromatic ring is 1. The molecule has 0 radical (unpaired) electrons. The standard InChI is InChI=1S/C29H25N5O.C19H18N4O.C10H8ClN.CH4.2ClH.3H2/c1-20-3-12-26-27(13-16-30-28(26)19-20)32-23-8-10-24(11-9-23)33-29(35)21-4-6-22(7-5-21)31-25-14-17-34(2)18-15-25;1-23-12-10-18(11-13-23)21-16-6-2-14(3-7-16)19(24)22-17-8-4-15(20)5-9-17;1-7-2-3-8-9(11)4-5-12-10(8)6-7;;;;;;/h3-19H,1-2H3,(H2,30,32,33,35);2-13H,20H2,1H3,(H,22,24);2-6H,1H3;1H4;5*1H/i;;;;;;2*1+1D;1+1. The molecule has 15 heteroatoms. The van der Waals surface area contributed by atoms with Crippen LogP contribution in [0.3, 0.4) is 0 Å². The lowest BCUT2D eigenvalue weighted by atomic mass is 10.1. The largest absolute Gasteiger partial charge is 1.00 e. The van der Waals surface area contributed by atoms with E-state index < -0.39 is 0 Å². The first-order chi connectivity index (χ1) is 36.4. The quantitative estimate of drug-likeness (QED) is 0.0601. The first kappa shape index (κ1) is 53.3. The summed E-state index contributed by atoms with van der Waals surface area (Å²) in [5.41, 5.74) is 19.0. The van der Waals surface area contributed by atoms with Crippen LogP contribution in [0, 0.1) is 13.8 Å². The fraction of sp³-hybridized carbons (Fsp3) is 0.0847. The van der Waals surface area contributed by atoms with Gasteiger partial charge in [-0.15, -0.1) is 0 Å². The van der Waals surface area contributed by atoms with Gasteiger partial charge in [-0.05, 0) is 146 Å². The molecule has 0 spiro atoms. The lowest BCUT2D eigenvalue weighted by Crippen LogP contribution is -3.00. The van der Waals surface area contributed by atoms with Gasteiger partial charge in [0.1, 0.15) is 14.1 Å². The zero-order chi connectivity index (χ0) is 53.7. The Hall–Kier alpha value is -8.55. The second kappa shape index (κ2) is 26.8. The van der Waals surface area contributed by atoms with Crippen LogP contribution in [0.1, 0.15) is 46.6 Å². The third kappa shape index (κ3) is 15.7. The van der Waals surface area contributed by atoms with E-state index in [1.54, 1.807) is 54.9 Å². The summed E-state index contributed by atoms with van der Waals surface area (Å²) in [7, 11) is 3.95. The molecule has 382 valence electrons. The molecule has 0 unspecified atom stereocenters. The molecule has 10 aromatic rings. The number of hydrogen-bond acceptors (Lipinski definition) is 8. The van der Waals surface area contributed by atoms with Crippen molar-refractivity contribution in [3.05, 3.63) is 234 Å². The topological polar surface area (TPSA) is 154 Å². The lowest BCUT2D eigenvalue weighted by Gasteiger charge is -2.11. The summed E-state index contributed by atoms with van der Waals surface area (Å²) in [5, 5.41) is 18.7. The number of hydrogen-bond donors (Lipinski definition) is 6. The smallest absolute Gasteiger partial charge is 0.255 e. The van der Waals surface area contributed by atoms with E-state index in [1.807, 2.05) is 164 Å². The first-order valence-electron chi connectivity index (χ1n) is 24.8. The van der Waals surface area contributed by atoms with Crippen molar-refractivity contribution in [1.29, 1.82) is 0 Å². The van der Waals surface area contributed by atoms with Gasteiger partial charge in [0.15, 0.2) is 24.8 Å². The fourth-order valence-corrected chi connectivity index (χ4v) is 7.48. The van der Waals surface area contributed by atoms with Gasteiger partial charge in [-0.1, -0.05) is 43.3 Å². The van der Waals surface area contributed by atoms with E-state index in [4.69, 9.17) is 23.3 Å². The number of pyridine rings is 4. The van der Waals surface area contributed by atoms with Crippen molar-refractivity contribution >= 4 is 96.4 Å². The highest BCUT2D eigenvalue weighted by molar-refractivity contribution is 6.35. The van der Waals surface area contributed by atoms with Gasteiger partial charge >= 0.3 is 0 Å². The van der Waals surface area contributed by atoms with Crippen LogP contribution >= 0.6 is 11.6 Å². The minimum absolute atomic E-state index is 0. The number of fused-ring (bicyclic) bond motifs is 2. The normalized spacial score (nSPS) is 10.3. The fourth-order valence-electron chi connectivity index (χ4n) is 7.27. The second-order valence-corrected chi connectivity index (χ2v) is 17.2. The van der Waals surface area contributed by atoms with Crippen molar-refractivity contribution in [1.82, 2.24) is 9.97 Å². The maximum Gasteiger partial charge on any atom is 0.255 e. The Balaban J connectivity index is 0.000000421. The van der Waals surface area contributed by atoms with Crippen molar-refractivity contribution in [2.45, 2.75) is 21.3 Å². The summed E-state index contributed by atoms with van der Waals surface area (Å²) in [6, 6.07) is 53.5. The molecule has 0 fully saturated rings. The molecule has 2 amide bonds. The number of amides is 2. The molecular weight excluding hydrogens is 987 g/mol. The van der Waals surface area contributed by atoms with Crippen LogP contribution in [0.5, 0.6) is 0 Å². The van der Waals surface area contributed by atoms with Crippen LogP contribution in [0.25, 0.3) is 21.8 Å². The van der Waals surface area contributed by atoms with Gasteiger partial charge in [0.2, 0.25) is 0 Å². The van der Waals surface area contributed by atoms with E-state index in [1.165, 1.54) is 11.1 Å². The third-order valence-electron chi connectivity index (χ3n) is 11.2. The highest BCUT2D eigenvalue weighted by atomic mass is 35.5. The SMILES string of the molecule is C.C[n+]1ccc(Nc2ccc(C(=O)Nc3ccc(N)cc3)cc2)cc1.Cc1ccc2c(Cl)ccnc2c1.Cc1ccc2c(Nc3ccc(NC(=O)c4ccc(Nc5cc[n+](C)cc5)cc4)cc3)ccnc2c1.[2HH].[2H][2H].[2H][2H].[Cl-].[Cl-]. The van der Waals surface area contributed by atoms with Gasteiger partial charge in [-0.3, -0.25) is 19.6 Å². The van der Waals surface area contributed by atoms with Gasteiger partial charge in [0.25, 0.3) is 11.8 Å². The highest BCUT2D eigenvalue weighted by Crippen LogP contribution is 2.27. The Morgan fingerprint density at radius 3 is 1.32 bits per heavy atom. The van der Waals surface area contributed by atoms with Crippen molar-refractivity contribution in [3.8, 4) is 0 Å². The number of nitrogens with zero attached hydrogens (tertiary/aromatic N) is 4. The maximum absolute atomic E-state index is 12.7. The number of aryl methyl sites for hydroxylation is 4. The predicted octanol–water partition coefficient (Wildman–Crippen LogP) is 7.78. The zero-order valence-electron chi connectivity index (χ0n) is 44.4. The summed E-state index contributed by atoms with van der Waals surface area (Å²) in [6.07, 6.45) is 11.4. The molecule has 12 nitrogen and oxygen atoms in total. The maximum atomic E-state index is 12.7. The van der Waals surface area contributed by atoms with Gasteiger partial charge in [0, 0.05) is 106 Å². The molecule has 7 N–H and O–H groups in total. The number of benzene rings is 6. The van der Waals surface area contributed by atoms with Crippen molar-refractivity contribution in [2.24, 2.45) is 14.1 Å². The van der Waals surface area contributed by atoms with Crippen LogP contribution in [-0.2, 0) is 14.1 Å². The Morgan fingerprint density at radius 2 is 0.851 bits per heavy atom. The molecule has 10 rings (SSSR count). The minimum Gasteiger partial charge on any atom is -1.00 e. The molecule has 0 atom stereocenters. The molecule has 4 aromatic heterocycles. The predicted molar refractivity (Wildman–Crippen MR) is 302 cm³/mol. The van der Waals surface area contributed by atoms with E-state index in [-0.39, 0.29) is 45.5 Å². The number of carbonyl (C=O) groups excluding carboxylic acids is 2. The molecule has 0 aliphatic carbocycles. The Bertz CT molecular complexity index is 3440. The Labute approximate surface area is 457 Å². The molecule has 0 bridgehead atoms. The number of aromatic nitrogens is 4. The Morgan fingerprint density at radius 1 is 0.486 bits per heavy atom. The van der Waals surface area contributed by atoms with Gasteiger partial charge in [0.05, 0.1) is 27.4 Å². The van der Waals surface area contributed by atoms with Crippen LogP contribution in [0.15, 0.2) is 207 Å². The van der Waals surface area contributed by atoms with Crippen molar-refractivity contribution < 1.29 is 50.9 Å². The molecule has 74 heavy (non-hydrogen) atoms. The monoisotopic (exact) mass is 1050 g/mol. The van der Waals surface area contributed by atoms with E-state index in [9.17, 15) is 9.59 Å². The van der Waals surface area contributed by atoms with Crippen LogP contribution in [-0.4, -0.2) is 21.8 Å². The number of halogens is 3. The van der Waals surface area contributed by atoms with Gasteiger partial charge in [-0.2, -0.15) is 0 Å². The summed E-state index contributed by atoms with van der Waals surface area (Å²) in [6.45, 7) is 4.10. The number of nitrogens with one attached hydrogen (secondary N) is 5.